The molecule has 138 valence electrons. The minimum atomic E-state index is -1.91. The van der Waals surface area contributed by atoms with Crippen LogP contribution in [0.2, 0.25) is 18.1 Å². The largest absolute Gasteiger partial charge is 0.408 e. The number of fused-ring (bicyclic) bond motifs is 5. The zero-order valence-corrected chi connectivity index (χ0v) is 17.7. The molecule has 0 aliphatic heterocycles. The van der Waals surface area contributed by atoms with E-state index in [-0.39, 0.29) is 16.9 Å². The van der Waals surface area contributed by atoms with Crippen LogP contribution in [0.15, 0.2) is 30.3 Å². The van der Waals surface area contributed by atoms with Gasteiger partial charge in [-0.25, -0.2) is 0 Å². The molecule has 0 saturated heterocycles. The third kappa shape index (κ3) is 2.54. The van der Waals surface area contributed by atoms with Crippen molar-refractivity contribution in [2.75, 3.05) is 0 Å². The first-order valence-corrected chi connectivity index (χ1v) is 12.5. The number of rotatable bonds is 2. The van der Waals surface area contributed by atoms with Crippen LogP contribution in [0.25, 0.3) is 16.5 Å². The Morgan fingerprint density at radius 2 is 1.88 bits per heavy atom. The Morgan fingerprint density at radius 3 is 2.58 bits per heavy atom. The lowest BCUT2D eigenvalue weighted by molar-refractivity contribution is -0.114. The molecule has 0 unspecified atom stereocenters. The Kier molecular flexibility index (Phi) is 3.87. The van der Waals surface area contributed by atoms with Crippen LogP contribution in [0.1, 0.15) is 51.0 Å². The summed E-state index contributed by atoms with van der Waals surface area (Å²) in [5.41, 5.74) is 4.97. The number of aromatic nitrogens is 1. The average molecular weight is 368 g/mol. The molecule has 26 heavy (non-hydrogen) atoms. The molecule has 2 aliphatic rings. The van der Waals surface area contributed by atoms with Crippen LogP contribution in [-0.4, -0.2) is 18.7 Å². The second-order valence-electron chi connectivity index (χ2n) is 9.41. The Hall–Kier alpha value is -1.65. The average Bonchev–Trinajstić information content (AvgIpc) is 3.04. The van der Waals surface area contributed by atoms with Gasteiger partial charge in [0.2, 0.25) is 0 Å². The van der Waals surface area contributed by atoms with E-state index in [4.69, 9.17) is 4.43 Å². The first-order valence-electron chi connectivity index (χ1n) is 9.60. The van der Waals surface area contributed by atoms with Crippen molar-refractivity contribution in [3.8, 4) is 0 Å². The van der Waals surface area contributed by atoms with Gasteiger partial charge in [0.05, 0.1) is 11.8 Å². The second-order valence-corrected chi connectivity index (χ2v) is 14.2. The highest BCUT2D eigenvalue weighted by molar-refractivity contribution is 6.74. The second kappa shape index (κ2) is 5.67. The van der Waals surface area contributed by atoms with Gasteiger partial charge in [-0.3, -0.25) is 4.79 Å². The first kappa shape index (κ1) is 17.7. The van der Waals surface area contributed by atoms with E-state index in [2.05, 4.69) is 69.7 Å². The smallest absolute Gasteiger partial charge is 0.192 e. The summed E-state index contributed by atoms with van der Waals surface area (Å²) in [7, 11) is 0.228. The number of nitrogens with zero attached hydrogens (tertiary/aromatic N) is 1. The van der Waals surface area contributed by atoms with Gasteiger partial charge in [-0.05, 0) is 48.2 Å². The normalized spacial score (nSPS) is 23.2. The number of carbonyl (C=O) groups excluding carboxylic acids is 1. The van der Waals surface area contributed by atoms with Crippen LogP contribution in [0.5, 0.6) is 0 Å². The van der Waals surface area contributed by atoms with Gasteiger partial charge < -0.3 is 8.99 Å². The monoisotopic (exact) mass is 367 g/mol. The van der Waals surface area contributed by atoms with Crippen LogP contribution in [0.3, 0.4) is 0 Å². The Bertz CT molecular complexity index is 930. The fraction of sp³-hybridized carbons (Fsp3) is 0.500. The zero-order valence-electron chi connectivity index (χ0n) is 16.7. The Labute approximate surface area is 157 Å². The molecule has 0 spiro atoms. The van der Waals surface area contributed by atoms with E-state index in [0.717, 1.165) is 6.42 Å². The highest BCUT2D eigenvalue weighted by atomic mass is 28.4. The topological polar surface area (TPSA) is 31.2 Å². The lowest BCUT2D eigenvalue weighted by atomic mass is 9.81. The number of hydrogen-bond donors (Lipinski definition) is 0. The Morgan fingerprint density at radius 1 is 1.19 bits per heavy atom. The van der Waals surface area contributed by atoms with Crippen LogP contribution in [-0.2, 0) is 16.3 Å². The number of para-hydroxylation sites is 1. The predicted molar refractivity (Wildman–Crippen MR) is 110 cm³/mol. The van der Waals surface area contributed by atoms with Crippen LogP contribution in [0, 0.1) is 5.92 Å². The number of carbonyl (C=O) groups is 1. The summed E-state index contributed by atoms with van der Waals surface area (Å²) in [6, 6.07) is 8.53. The molecule has 2 aliphatic carbocycles. The fourth-order valence-corrected chi connectivity index (χ4v) is 5.56. The lowest BCUT2D eigenvalue weighted by Crippen LogP contribution is -2.43. The maximum Gasteiger partial charge on any atom is 0.192 e. The van der Waals surface area contributed by atoms with Crippen molar-refractivity contribution < 1.29 is 9.22 Å². The van der Waals surface area contributed by atoms with Crippen molar-refractivity contribution >= 4 is 30.6 Å². The van der Waals surface area contributed by atoms with E-state index in [1.807, 2.05) is 6.08 Å². The number of ketones is 1. The van der Waals surface area contributed by atoms with E-state index in [1.54, 1.807) is 0 Å². The highest BCUT2D eigenvalue weighted by Gasteiger charge is 2.45. The van der Waals surface area contributed by atoms with Gasteiger partial charge in [0.25, 0.3) is 0 Å². The van der Waals surface area contributed by atoms with Gasteiger partial charge in [0.15, 0.2) is 14.1 Å². The molecule has 0 bridgehead atoms. The third-order valence-corrected chi connectivity index (χ3v) is 11.2. The molecule has 1 heterocycles. The minimum Gasteiger partial charge on any atom is -0.408 e. The van der Waals surface area contributed by atoms with E-state index >= 15 is 0 Å². The highest BCUT2D eigenvalue weighted by Crippen LogP contribution is 2.52. The molecular formula is C22H29NO2Si. The van der Waals surface area contributed by atoms with Crippen LogP contribution >= 0.6 is 0 Å². The zero-order chi connectivity index (χ0) is 18.9. The SMILES string of the molecule is Cn1c2c(c3ccccc31)C1=CC(=O)C[C@@H]1C[C@H]2O[Si](C)(C)C(C)(C)C. The number of aryl methyl sites for hydroxylation is 1. The van der Waals surface area contributed by atoms with E-state index in [0.29, 0.717) is 12.3 Å². The quantitative estimate of drug-likeness (QED) is 0.645. The van der Waals surface area contributed by atoms with Gasteiger partial charge in [-0.1, -0.05) is 39.0 Å². The predicted octanol–water partition coefficient (Wildman–Crippen LogP) is 5.62. The molecule has 0 N–H and O–H groups in total. The third-order valence-electron chi connectivity index (χ3n) is 6.69. The first-order chi connectivity index (χ1) is 12.1. The molecular weight excluding hydrogens is 338 g/mol. The van der Waals surface area contributed by atoms with Crippen molar-refractivity contribution in [1.29, 1.82) is 0 Å². The molecule has 0 amide bonds. The molecule has 0 saturated carbocycles. The van der Waals surface area contributed by atoms with Crippen molar-refractivity contribution in [2.24, 2.45) is 13.0 Å². The molecule has 3 nitrogen and oxygen atoms in total. The molecule has 0 fully saturated rings. The molecule has 1 aromatic carbocycles. The van der Waals surface area contributed by atoms with Crippen molar-refractivity contribution in [1.82, 2.24) is 4.57 Å². The fourth-order valence-electron chi connectivity index (χ4n) is 4.29. The van der Waals surface area contributed by atoms with Crippen molar-refractivity contribution in [3.05, 3.63) is 41.6 Å². The number of allylic oxidation sites excluding steroid dienone is 2. The molecule has 2 atom stereocenters. The molecule has 4 heteroatoms. The van der Waals surface area contributed by atoms with Gasteiger partial charge in [0, 0.05) is 29.9 Å². The summed E-state index contributed by atoms with van der Waals surface area (Å²) in [5.74, 6) is 0.562. The Balaban J connectivity index is 1.90. The molecule has 0 radical (unpaired) electrons. The summed E-state index contributed by atoms with van der Waals surface area (Å²) in [6.07, 6.45) is 3.51. The number of benzene rings is 1. The van der Waals surface area contributed by atoms with Gasteiger partial charge >= 0.3 is 0 Å². The van der Waals surface area contributed by atoms with E-state index < -0.39 is 8.32 Å². The standard InChI is InChI=1S/C22H29NO2Si/c1-22(2,3)26(5,6)25-19-12-14-11-15(24)13-17(14)20-16-9-7-8-10-18(16)23(4)21(19)20/h7-10,13-14,19H,11-12H2,1-6H3/t14-,19-/m1/s1. The number of hydrogen-bond acceptors (Lipinski definition) is 2. The summed E-state index contributed by atoms with van der Waals surface area (Å²) in [4.78, 5) is 12.2. The minimum absolute atomic E-state index is 0.0661. The summed E-state index contributed by atoms with van der Waals surface area (Å²) in [5, 5.41) is 1.42. The van der Waals surface area contributed by atoms with E-state index in [1.165, 1.54) is 27.7 Å². The van der Waals surface area contributed by atoms with Gasteiger partial charge in [-0.2, -0.15) is 0 Å². The summed E-state index contributed by atoms with van der Waals surface area (Å²) >= 11 is 0. The molecule has 4 rings (SSSR count). The lowest BCUT2D eigenvalue weighted by Gasteiger charge is -2.42. The maximum absolute atomic E-state index is 12.2. The van der Waals surface area contributed by atoms with Crippen LogP contribution < -0.4 is 0 Å². The van der Waals surface area contributed by atoms with Crippen molar-refractivity contribution in [2.45, 2.75) is 57.8 Å². The summed E-state index contributed by atoms with van der Waals surface area (Å²) in [6.45, 7) is 11.5. The molecule has 1 aromatic heterocycles. The van der Waals surface area contributed by atoms with E-state index in [9.17, 15) is 4.79 Å². The maximum atomic E-state index is 12.2. The van der Waals surface area contributed by atoms with Crippen LogP contribution in [0.4, 0.5) is 0 Å². The van der Waals surface area contributed by atoms with Crippen molar-refractivity contribution in [3.63, 3.8) is 0 Å². The van der Waals surface area contributed by atoms with Gasteiger partial charge in [0.1, 0.15) is 0 Å². The molecule has 2 aromatic rings. The van der Waals surface area contributed by atoms with Gasteiger partial charge in [-0.15, -0.1) is 0 Å². The summed E-state index contributed by atoms with van der Waals surface area (Å²) < 4.78 is 9.20.